The molecule has 0 fully saturated rings. The summed E-state index contributed by atoms with van der Waals surface area (Å²) in [6, 6.07) is 15.2. The molecule has 194 valence electrons. The van der Waals surface area contributed by atoms with E-state index in [1.165, 1.54) is 30.0 Å². The number of thioether (sulfide) groups is 1. The molecule has 0 saturated carbocycles. The molecule has 0 amide bonds. The van der Waals surface area contributed by atoms with Gasteiger partial charge in [-0.15, -0.1) is 0 Å². The van der Waals surface area contributed by atoms with Crippen molar-refractivity contribution in [1.29, 1.82) is 0 Å². The normalized spacial score (nSPS) is 11.6. The molecule has 3 aromatic rings. The van der Waals surface area contributed by atoms with Gasteiger partial charge in [0.15, 0.2) is 0 Å². The van der Waals surface area contributed by atoms with Crippen molar-refractivity contribution in [2.24, 2.45) is 5.73 Å². The zero-order valence-corrected chi connectivity index (χ0v) is 21.7. The maximum atomic E-state index is 13.3. The van der Waals surface area contributed by atoms with E-state index in [4.69, 9.17) is 15.2 Å². The molecular weight excluding hydrogens is 494 g/mol. The second kappa shape index (κ2) is 13.0. The van der Waals surface area contributed by atoms with Crippen LogP contribution < -0.4 is 5.73 Å². The third-order valence-electron chi connectivity index (χ3n) is 5.52. The molecule has 1 heterocycles. The van der Waals surface area contributed by atoms with E-state index in [9.17, 15) is 19.7 Å². The number of pyridine rings is 1. The molecule has 1 unspecified atom stereocenters. The quantitative estimate of drug-likeness (QED) is 0.203. The molecule has 0 aliphatic carbocycles. The minimum Gasteiger partial charge on any atom is -0.462 e. The fourth-order valence-corrected chi connectivity index (χ4v) is 4.85. The minimum atomic E-state index is -0.676. The van der Waals surface area contributed by atoms with Gasteiger partial charge in [-0.2, -0.15) is 11.8 Å². The summed E-state index contributed by atoms with van der Waals surface area (Å²) in [5.41, 5.74) is 8.56. The highest BCUT2D eigenvalue weighted by atomic mass is 32.2. The zero-order valence-electron chi connectivity index (χ0n) is 20.9. The number of benzene rings is 2. The number of nitrogens with zero attached hydrogens (tertiary/aromatic N) is 2. The van der Waals surface area contributed by atoms with Gasteiger partial charge < -0.3 is 15.2 Å². The number of aryl methyl sites for hydroxylation is 1. The maximum absolute atomic E-state index is 13.3. The summed E-state index contributed by atoms with van der Waals surface area (Å²) < 4.78 is 10.6. The summed E-state index contributed by atoms with van der Waals surface area (Å²) in [5, 5.41) is 11.5. The number of hydrogen-bond donors (Lipinski definition) is 1. The molecule has 0 aliphatic rings. The fourth-order valence-electron chi connectivity index (χ4n) is 3.89. The molecule has 9 nitrogen and oxygen atoms in total. The lowest BCUT2D eigenvalue weighted by atomic mass is 9.92. The van der Waals surface area contributed by atoms with Gasteiger partial charge in [0.2, 0.25) is 0 Å². The largest absolute Gasteiger partial charge is 0.462 e. The van der Waals surface area contributed by atoms with Gasteiger partial charge in [0.1, 0.15) is 0 Å². The van der Waals surface area contributed by atoms with Crippen molar-refractivity contribution in [1.82, 2.24) is 4.98 Å². The average molecular weight is 524 g/mol. The Morgan fingerprint density at radius 1 is 1.03 bits per heavy atom. The summed E-state index contributed by atoms with van der Waals surface area (Å²) >= 11 is 1.48. The molecule has 0 aliphatic heterocycles. The lowest BCUT2D eigenvalue weighted by molar-refractivity contribution is -0.384. The van der Waals surface area contributed by atoms with Crippen LogP contribution in [0.3, 0.4) is 0 Å². The number of hydrogen-bond acceptors (Lipinski definition) is 9. The molecule has 0 spiro atoms. The number of aromatic nitrogens is 1. The number of nitro groups is 1. The molecule has 37 heavy (non-hydrogen) atoms. The van der Waals surface area contributed by atoms with Gasteiger partial charge in [-0.05, 0) is 31.9 Å². The first-order valence-electron chi connectivity index (χ1n) is 11.8. The predicted octanol–water partition coefficient (Wildman–Crippen LogP) is 5.25. The monoisotopic (exact) mass is 523 g/mol. The SMILES string of the molecule is CCOC(=O)c1c(C)nc(CSCC(N)c2ccccc2)c(C(=O)OCC)c1-c1cccc([N+](=O)[O-])c1. The molecule has 1 atom stereocenters. The number of esters is 2. The number of ether oxygens (including phenoxy) is 2. The lowest BCUT2D eigenvalue weighted by Crippen LogP contribution is -2.19. The van der Waals surface area contributed by atoms with Crippen LogP contribution in [0.1, 0.15) is 57.6 Å². The molecule has 0 saturated heterocycles. The highest BCUT2D eigenvalue weighted by molar-refractivity contribution is 7.98. The lowest BCUT2D eigenvalue weighted by Gasteiger charge is -2.19. The van der Waals surface area contributed by atoms with Crippen LogP contribution in [-0.2, 0) is 15.2 Å². The molecule has 0 radical (unpaired) electrons. The number of rotatable bonds is 11. The smallest absolute Gasteiger partial charge is 0.340 e. The number of nitrogens with two attached hydrogens (primary N) is 1. The zero-order chi connectivity index (χ0) is 26.9. The first-order valence-corrected chi connectivity index (χ1v) is 12.9. The second-order valence-corrected chi connectivity index (χ2v) is 9.08. The standard InChI is InChI=1S/C27H29N3O6S/c1-4-35-26(31)23-17(3)29-22(16-37-15-21(28)18-10-7-6-8-11-18)25(27(32)36-5-2)24(23)19-12-9-13-20(14-19)30(33)34/h6-14,21H,4-5,15-16,28H2,1-3H3. The van der Waals surface area contributed by atoms with Crippen LogP contribution in [0.4, 0.5) is 5.69 Å². The van der Waals surface area contributed by atoms with Gasteiger partial charge in [0.05, 0.1) is 40.7 Å². The maximum Gasteiger partial charge on any atom is 0.340 e. The average Bonchev–Trinajstić information content (AvgIpc) is 2.89. The molecule has 1 aromatic heterocycles. The third-order valence-corrected chi connectivity index (χ3v) is 6.59. The van der Waals surface area contributed by atoms with Gasteiger partial charge in [0.25, 0.3) is 5.69 Å². The number of carbonyl (C=O) groups excluding carboxylic acids is 2. The summed E-state index contributed by atoms with van der Waals surface area (Å²) in [4.78, 5) is 41.8. The van der Waals surface area contributed by atoms with Crippen molar-refractivity contribution in [3.05, 3.63) is 92.8 Å². The molecule has 0 bridgehead atoms. The Morgan fingerprint density at radius 3 is 2.30 bits per heavy atom. The fraction of sp³-hybridized carbons (Fsp3) is 0.296. The van der Waals surface area contributed by atoms with Gasteiger partial charge >= 0.3 is 11.9 Å². The summed E-state index contributed by atoms with van der Waals surface area (Å²) in [5.74, 6) is -0.492. The van der Waals surface area contributed by atoms with Gasteiger partial charge in [-0.1, -0.05) is 42.5 Å². The minimum absolute atomic E-state index is 0.0696. The topological polar surface area (TPSA) is 135 Å². The van der Waals surface area contributed by atoms with Crippen molar-refractivity contribution >= 4 is 29.4 Å². The van der Waals surface area contributed by atoms with Crippen molar-refractivity contribution < 1.29 is 24.0 Å². The van der Waals surface area contributed by atoms with E-state index in [-0.39, 0.29) is 41.6 Å². The Kier molecular flexibility index (Phi) is 9.76. The van der Waals surface area contributed by atoms with E-state index in [0.717, 1.165) is 5.56 Å². The molecule has 10 heteroatoms. The predicted molar refractivity (Wildman–Crippen MR) is 143 cm³/mol. The van der Waals surface area contributed by atoms with Crippen LogP contribution in [0.5, 0.6) is 0 Å². The Morgan fingerprint density at radius 2 is 1.68 bits per heavy atom. The van der Waals surface area contributed by atoms with Crippen LogP contribution in [0.25, 0.3) is 11.1 Å². The number of carbonyl (C=O) groups is 2. The van der Waals surface area contributed by atoms with E-state index in [2.05, 4.69) is 4.98 Å². The Hall–Kier alpha value is -3.76. The van der Waals surface area contributed by atoms with Crippen LogP contribution in [0.15, 0.2) is 54.6 Å². The molecular formula is C27H29N3O6S. The van der Waals surface area contributed by atoms with E-state index in [1.807, 2.05) is 30.3 Å². The Balaban J connectivity index is 2.14. The van der Waals surface area contributed by atoms with Crippen LogP contribution in [-0.4, -0.2) is 40.8 Å². The molecule has 3 rings (SSSR count). The van der Waals surface area contributed by atoms with E-state index in [0.29, 0.717) is 28.5 Å². The van der Waals surface area contributed by atoms with Crippen molar-refractivity contribution in [2.75, 3.05) is 19.0 Å². The van der Waals surface area contributed by atoms with E-state index in [1.54, 1.807) is 26.8 Å². The Labute approximate surface area is 219 Å². The third kappa shape index (κ3) is 6.72. The van der Waals surface area contributed by atoms with E-state index < -0.39 is 16.9 Å². The van der Waals surface area contributed by atoms with Gasteiger partial charge in [0, 0.05) is 35.2 Å². The first kappa shape index (κ1) is 27.8. The van der Waals surface area contributed by atoms with Crippen LogP contribution >= 0.6 is 11.8 Å². The van der Waals surface area contributed by atoms with Gasteiger partial charge in [-0.25, -0.2) is 9.59 Å². The van der Waals surface area contributed by atoms with Gasteiger partial charge in [-0.3, -0.25) is 15.1 Å². The summed E-state index contributed by atoms with van der Waals surface area (Å²) in [6.45, 7) is 5.19. The summed E-state index contributed by atoms with van der Waals surface area (Å²) in [6.07, 6.45) is 0. The van der Waals surface area contributed by atoms with E-state index >= 15 is 0 Å². The highest BCUT2D eigenvalue weighted by Crippen LogP contribution is 2.36. The molecule has 2 N–H and O–H groups in total. The summed E-state index contributed by atoms with van der Waals surface area (Å²) in [7, 11) is 0. The molecule has 2 aromatic carbocycles. The highest BCUT2D eigenvalue weighted by Gasteiger charge is 2.30. The van der Waals surface area contributed by atoms with Crippen LogP contribution in [0, 0.1) is 17.0 Å². The van der Waals surface area contributed by atoms with Crippen molar-refractivity contribution in [3.63, 3.8) is 0 Å². The first-order chi connectivity index (χ1) is 17.8. The van der Waals surface area contributed by atoms with Crippen LogP contribution in [0.2, 0.25) is 0 Å². The number of non-ortho nitro benzene ring substituents is 1. The van der Waals surface area contributed by atoms with Crippen molar-refractivity contribution in [2.45, 2.75) is 32.6 Å². The van der Waals surface area contributed by atoms with Crippen molar-refractivity contribution in [3.8, 4) is 11.1 Å². The second-order valence-electron chi connectivity index (χ2n) is 8.05. The number of nitro benzene ring substituents is 1. The Bertz CT molecular complexity index is 1280.